The molecule has 5 aromatic carbocycles. The van der Waals surface area contributed by atoms with Crippen LogP contribution in [0.15, 0.2) is 84.9 Å². The van der Waals surface area contributed by atoms with Crippen molar-refractivity contribution in [2.75, 3.05) is 39.6 Å². The second kappa shape index (κ2) is 14.4. The molecule has 0 bridgehead atoms. The highest BCUT2D eigenvalue weighted by Crippen LogP contribution is 2.52. The molecule has 0 saturated carbocycles. The smallest absolute Gasteiger partial charge is 0.132 e. The lowest BCUT2D eigenvalue weighted by atomic mass is 9.78. The Morgan fingerprint density at radius 3 is 1.65 bits per heavy atom. The first-order chi connectivity index (χ1) is 22.6. The third kappa shape index (κ3) is 6.82. The molecule has 5 nitrogen and oxygen atoms in total. The minimum absolute atomic E-state index is 0.0490. The number of hydrogen-bond donors (Lipinski definition) is 0. The molecule has 0 radical (unpaired) electrons. The van der Waals surface area contributed by atoms with E-state index < -0.39 is 0 Å². The van der Waals surface area contributed by atoms with Gasteiger partial charge in [-0.3, -0.25) is 0 Å². The number of terminal acetylenes is 2. The summed E-state index contributed by atoms with van der Waals surface area (Å²) in [7, 11) is 0. The standard InChI is InChI=1S/C41H38O5/c1-5-19-42-21-23-44-33-13-15-35-31(26-33)11-17-37-40(35)39(30-9-7-29(8-10-30)25-28(3)4)41-36-16-14-34(45-24-22-43-20-6-2)27-32(36)12-18-38(41)46-37/h1-2,7-18,26-28,39H,19-25H2,3-4H3. The summed E-state index contributed by atoms with van der Waals surface area (Å²) in [5.74, 6) is 8.78. The second-order valence-corrected chi connectivity index (χ2v) is 11.8. The molecule has 0 spiro atoms. The Bertz CT molecular complexity index is 1800. The van der Waals surface area contributed by atoms with Gasteiger partial charge < -0.3 is 23.7 Å². The molecule has 0 unspecified atom stereocenters. The van der Waals surface area contributed by atoms with Gasteiger partial charge >= 0.3 is 0 Å². The van der Waals surface area contributed by atoms with E-state index in [2.05, 4.69) is 98.5 Å². The Labute approximate surface area is 271 Å². The lowest BCUT2D eigenvalue weighted by Crippen LogP contribution is -2.13. The summed E-state index contributed by atoms with van der Waals surface area (Å²) in [6.45, 7) is 6.78. The van der Waals surface area contributed by atoms with E-state index in [0.717, 1.165) is 62.1 Å². The van der Waals surface area contributed by atoms with E-state index >= 15 is 0 Å². The first-order valence-corrected chi connectivity index (χ1v) is 15.7. The fourth-order valence-corrected chi connectivity index (χ4v) is 6.19. The molecule has 0 amide bonds. The number of ether oxygens (including phenoxy) is 5. The summed E-state index contributed by atoms with van der Waals surface area (Å²) in [6, 6.07) is 29.9. The molecule has 0 aliphatic carbocycles. The van der Waals surface area contributed by atoms with E-state index in [1.807, 2.05) is 12.1 Å². The first-order valence-electron chi connectivity index (χ1n) is 15.7. The summed E-state index contributed by atoms with van der Waals surface area (Å²) in [5, 5.41) is 4.41. The van der Waals surface area contributed by atoms with E-state index in [4.69, 9.17) is 36.5 Å². The molecule has 0 saturated heterocycles. The highest BCUT2D eigenvalue weighted by Gasteiger charge is 2.32. The minimum atomic E-state index is -0.0490. The number of benzene rings is 5. The van der Waals surface area contributed by atoms with Crippen molar-refractivity contribution in [3.63, 3.8) is 0 Å². The van der Waals surface area contributed by atoms with Crippen LogP contribution in [0.3, 0.4) is 0 Å². The molecule has 6 rings (SSSR count). The van der Waals surface area contributed by atoms with Crippen molar-refractivity contribution in [3.8, 4) is 47.7 Å². The van der Waals surface area contributed by atoms with Crippen LogP contribution in [0.4, 0.5) is 0 Å². The zero-order chi connectivity index (χ0) is 31.9. The molecule has 5 heteroatoms. The van der Waals surface area contributed by atoms with Crippen LogP contribution in [-0.2, 0) is 15.9 Å². The first kappa shape index (κ1) is 31.1. The van der Waals surface area contributed by atoms with Gasteiger partial charge in [0.15, 0.2) is 0 Å². The Kier molecular flexibility index (Phi) is 9.75. The van der Waals surface area contributed by atoms with Gasteiger partial charge in [0.25, 0.3) is 0 Å². The number of hydrogen-bond acceptors (Lipinski definition) is 5. The van der Waals surface area contributed by atoms with Crippen molar-refractivity contribution >= 4 is 21.5 Å². The lowest BCUT2D eigenvalue weighted by Gasteiger charge is -2.31. The van der Waals surface area contributed by atoms with Gasteiger partial charge in [-0.25, -0.2) is 0 Å². The normalized spacial score (nSPS) is 12.3. The maximum Gasteiger partial charge on any atom is 0.132 e. The van der Waals surface area contributed by atoms with Gasteiger partial charge in [0, 0.05) is 17.0 Å². The van der Waals surface area contributed by atoms with Crippen molar-refractivity contribution in [1.29, 1.82) is 0 Å². The van der Waals surface area contributed by atoms with E-state index in [1.54, 1.807) is 0 Å². The molecule has 0 fully saturated rings. The largest absolute Gasteiger partial charge is 0.491 e. The van der Waals surface area contributed by atoms with Gasteiger partial charge in [-0.15, -0.1) is 12.8 Å². The minimum Gasteiger partial charge on any atom is -0.491 e. The van der Waals surface area contributed by atoms with E-state index in [-0.39, 0.29) is 19.1 Å². The van der Waals surface area contributed by atoms with Gasteiger partial charge in [0.05, 0.1) is 13.2 Å². The monoisotopic (exact) mass is 610 g/mol. The van der Waals surface area contributed by atoms with Crippen molar-refractivity contribution < 1.29 is 23.7 Å². The quantitative estimate of drug-likeness (QED) is 0.0969. The van der Waals surface area contributed by atoms with Crippen LogP contribution >= 0.6 is 0 Å². The zero-order valence-electron chi connectivity index (χ0n) is 26.4. The average molecular weight is 611 g/mol. The molecular formula is C41H38O5. The topological polar surface area (TPSA) is 46.2 Å². The fraction of sp³-hybridized carbons (Fsp3) is 0.268. The fourth-order valence-electron chi connectivity index (χ4n) is 6.19. The summed E-state index contributed by atoms with van der Waals surface area (Å²) < 4.78 is 29.4. The van der Waals surface area contributed by atoms with Gasteiger partial charge in [0.2, 0.25) is 0 Å². The Morgan fingerprint density at radius 2 is 1.17 bits per heavy atom. The van der Waals surface area contributed by atoms with Crippen molar-refractivity contribution in [3.05, 3.63) is 107 Å². The summed E-state index contributed by atoms with van der Waals surface area (Å²) in [5.41, 5.74) is 4.84. The van der Waals surface area contributed by atoms with Gasteiger partial charge in [-0.1, -0.05) is 74.2 Å². The molecule has 0 aromatic heterocycles. The van der Waals surface area contributed by atoms with Crippen molar-refractivity contribution in [2.45, 2.75) is 26.2 Å². The molecule has 46 heavy (non-hydrogen) atoms. The number of rotatable bonds is 13. The van der Waals surface area contributed by atoms with Crippen LogP contribution in [0.5, 0.6) is 23.0 Å². The zero-order valence-corrected chi connectivity index (χ0v) is 26.4. The highest BCUT2D eigenvalue weighted by molar-refractivity contribution is 5.96. The van der Waals surface area contributed by atoms with E-state index in [0.29, 0.717) is 32.3 Å². The SMILES string of the molecule is C#CCOCCOc1ccc2c3c(ccc2c1)Oc1ccc2cc(OCCOCC#C)ccc2c1C3c1ccc(CC(C)C)cc1. The molecule has 232 valence electrons. The summed E-state index contributed by atoms with van der Waals surface area (Å²) >= 11 is 0. The summed E-state index contributed by atoms with van der Waals surface area (Å²) in [4.78, 5) is 0. The Morgan fingerprint density at radius 1 is 0.652 bits per heavy atom. The average Bonchev–Trinajstić information content (AvgIpc) is 3.07. The third-order valence-corrected chi connectivity index (χ3v) is 8.10. The third-order valence-electron chi connectivity index (χ3n) is 8.10. The predicted molar refractivity (Wildman–Crippen MR) is 184 cm³/mol. The van der Waals surface area contributed by atoms with Crippen LogP contribution in [-0.4, -0.2) is 39.6 Å². The molecule has 1 aliphatic rings. The second-order valence-electron chi connectivity index (χ2n) is 11.8. The van der Waals surface area contributed by atoms with Crippen LogP contribution in [0, 0.1) is 30.6 Å². The Hall–Kier alpha value is -4.94. The van der Waals surface area contributed by atoms with Crippen molar-refractivity contribution in [1.82, 2.24) is 0 Å². The van der Waals surface area contributed by atoms with Gasteiger partial charge in [0.1, 0.15) is 49.4 Å². The van der Waals surface area contributed by atoms with E-state index in [9.17, 15) is 0 Å². The maximum absolute atomic E-state index is 6.66. The van der Waals surface area contributed by atoms with Gasteiger partial charge in [-0.05, 0) is 81.4 Å². The van der Waals surface area contributed by atoms with Crippen LogP contribution in [0.1, 0.15) is 42.0 Å². The molecule has 5 aromatic rings. The molecule has 1 aliphatic heterocycles. The Balaban J connectivity index is 1.41. The van der Waals surface area contributed by atoms with Crippen LogP contribution in [0.2, 0.25) is 0 Å². The molecule has 0 N–H and O–H groups in total. The van der Waals surface area contributed by atoms with Crippen LogP contribution in [0.25, 0.3) is 21.5 Å². The van der Waals surface area contributed by atoms with Crippen molar-refractivity contribution in [2.24, 2.45) is 5.92 Å². The number of fused-ring (bicyclic) bond motifs is 6. The maximum atomic E-state index is 6.66. The van der Waals surface area contributed by atoms with Crippen LogP contribution < -0.4 is 14.2 Å². The molecular weight excluding hydrogens is 572 g/mol. The predicted octanol–water partition coefficient (Wildman–Crippen LogP) is 8.53. The highest BCUT2D eigenvalue weighted by atomic mass is 16.5. The molecule has 1 heterocycles. The lowest BCUT2D eigenvalue weighted by molar-refractivity contribution is 0.124. The summed E-state index contributed by atoms with van der Waals surface area (Å²) in [6.07, 6.45) is 11.6. The molecule has 0 atom stereocenters. The van der Waals surface area contributed by atoms with Gasteiger partial charge in [-0.2, -0.15) is 0 Å². The van der Waals surface area contributed by atoms with E-state index in [1.165, 1.54) is 11.1 Å².